The molecule has 0 radical (unpaired) electrons. The standard InChI is InChI=1S/C9H18N2O2/c1-3-8-5-11(6-9(10)12)4-7(2)13-8/h7-8H,3-6H2,1-2H3,(H2,10,12). The average Bonchev–Trinajstić information content (AvgIpc) is 2.01. The van der Waals surface area contributed by atoms with Crippen LogP contribution in [-0.2, 0) is 9.53 Å². The number of hydrogen-bond acceptors (Lipinski definition) is 3. The van der Waals surface area contributed by atoms with E-state index in [4.69, 9.17) is 10.5 Å². The van der Waals surface area contributed by atoms with Crippen LogP contribution in [-0.4, -0.2) is 42.6 Å². The third kappa shape index (κ3) is 3.32. The van der Waals surface area contributed by atoms with Gasteiger partial charge in [0.2, 0.25) is 5.91 Å². The molecule has 13 heavy (non-hydrogen) atoms. The molecule has 0 aromatic carbocycles. The Morgan fingerprint density at radius 3 is 2.85 bits per heavy atom. The fourth-order valence-electron chi connectivity index (χ4n) is 1.72. The first kappa shape index (κ1) is 10.5. The molecule has 2 atom stereocenters. The normalized spacial score (nSPS) is 30.3. The number of hydrogen-bond donors (Lipinski definition) is 1. The third-order valence-corrected chi connectivity index (χ3v) is 2.24. The summed E-state index contributed by atoms with van der Waals surface area (Å²) in [6.45, 7) is 6.09. The second kappa shape index (κ2) is 4.58. The molecule has 2 unspecified atom stereocenters. The largest absolute Gasteiger partial charge is 0.373 e. The molecule has 0 aromatic rings. The van der Waals surface area contributed by atoms with E-state index in [9.17, 15) is 4.79 Å². The van der Waals surface area contributed by atoms with Gasteiger partial charge in [0.05, 0.1) is 18.8 Å². The molecule has 1 fully saturated rings. The van der Waals surface area contributed by atoms with Crippen molar-refractivity contribution in [1.82, 2.24) is 4.90 Å². The van der Waals surface area contributed by atoms with Crippen molar-refractivity contribution in [2.24, 2.45) is 5.73 Å². The van der Waals surface area contributed by atoms with Crippen molar-refractivity contribution in [3.05, 3.63) is 0 Å². The first-order valence-corrected chi connectivity index (χ1v) is 4.78. The predicted molar refractivity (Wildman–Crippen MR) is 50.3 cm³/mol. The van der Waals surface area contributed by atoms with Crippen LogP contribution in [0.1, 0.15) is 20.3 Å². The number of rotatable bonds is 3. The number of nitrogens with two attached hydrogens (primary N) is 1. The molecule has 1 heterocycles. The van der Waals surface area contributed by atoms with E-state index in [1.54, 1.807) is 0 Å². The lowest BCUT2D eigenvalue weighted by molar-refractivity contribution is -0.123. The number of carbonyl (C=O) groups is 1. The maximum atomic E-state index is 10.7. The smallest absolute Gasteiger partial charge is 0.231 e. The summed E-state index contributed by atoms with van der Waals surface area (Å²) in [4.78, 5) is 12.8. The van der Waals surface area contributed by atoms with E-state index in [1.807, 2.05) is 6.92 Å². The topological polar surface area (TPSA) is 55.6 Å². The van der Waals surface area contributed by atoms with E-state index in [0.717, 1.165) is 19.5 Å². The van der Waals surface area contributed by atoms with Gasteiger partial charge in [-0.25, -0.2) is 0 Å². The molecule has 0 saturated carbocycles. The van der Waals surface area contributed by atoms with E-state index >= 15 is 0 Å². The Labute approximate surface area is 79.0 Å². The zero-order valence-corrected chi connectivity index (χ0v) is 8.32. The Morgan fingerprint density at radius 2 is 2.31 bits per heavy atom. The van der Waals surface area contributed by atoms with Crippen LogP contribution in [0.2, 0.25) is 0 Å². The first-order valence-electron chi connectivity index (χ1n) is 4.78. The van der Waals surface area contributed by atoms with Gasteiger partial charge in [-0.15, -0.1) is 0 Å². The van der Waals surface area contributed by atoms with Crippen LogP contribution in [0, 0.1) is 0 Å². The number of morpholine rings is 1. The van der Waals surface area contributed by atoms with E-state index in [1.165, 1.54) is 0 Å². The monoisotopic (exact) mass is 186 g/mol. The van der Waals surface area contributed by atoms with Gasteiger partial charge in [-0.2, -0.15) is 0 Å². The van der Waals surface area contributed by atoms with Gasteiger partial charge >= 0.3 is 0 Å². The lowest BCUT2D eigenvalue weighted by Gasteiger charge is -2.35. The summed E-state index contributed by atoms with van der Waals surface area (Å²) in [5.41, 5.74) is 5.13. The second-order valence-electron chi connectivity index (χ2n) is 3.64. The van der Waals surface area contributed by atoms with Crippen molar-refractivity contribution in [2.45, 2.75) is 32.5 Å². The summed E-state index contributed by atoms with van der Waals surface area (Å²) >= 11 is 0. The molecule has 1 aliphatic heterocycles. The Morgan fingerprint density at radius 1 is 1.62 bits per heavy atom. The van der Waals surface area contributed by atoms with Gasteiger partial charge < -0.3 is 10.5 Å². The summed E-state index contributed by atoms with van der Waals surface area (Å²) in [5.74, 6) is -0.260. The van der Waals surface area contributed by atoms with E-state index in [2.05, 4.69) is 11.8 Å². The summed E-state index contributed by atoms with van der Waals surface area (Å²) < 4.78 is 5.65. The van der Waals surface area contributed by atoms with Crippen LogP contribution in [0.4, 0.5) is 0 Å². The predicted octanol–water partition coefficient (Wildman–Crippen LogP) is -0.0290. The molecule has 2 N–H and O–H groups in total. The molecule has 0 aromatic heterocycles. The number of primary amides is 1. The van der Waals surface area contributed by atoms with Crippen LogP contribution in [0.25, 0.3) is 0 Å². The highest BCUT2D eigenvalue weighted by molar-refractivity contribution is 5.75. The number of amides is 1. The molecule has 1 aliphatic rings. The minimum Gasteiger partial charge on any atom is -0.373 e. The Bertz CT molecular complexity index is 184. The summed E-state index contributed by atoms with van der Waals surface area (Å²) in [6.07, 6.45) is 1.45. The van der Waals surface area contributed by atoms with Gasteiger partial charge in [0, 0.05) is 13.1 Å². The van der Waals surface area contributed by atoms with E-state index in [0.29, 0.717) is 6.54 Å². The van der Waals surface area contributed by atoms with Gasteiger partial charge in [0.25, 0.3) is 0 Å². The lowest BCUT2D eigenvalue weighted by atomic mass is 10.2. The van der Waals surface area contributed by atoms with Crippen molar-refractivity contribution < 1.29 is 9.53 Å². The van der Waals surface area contributed by atoms with Crippen molar-refractivity contribution in [3.8, 4) is 0 Å². The van der Waals surface area contributed by atoms with Crippen molar-refractivity contribution in [3.63, 3.8) is 0 Å². The highest BCUT2D eigenvalue weighted by atomic mass is 16.5. The molecule has 4 nitrogen and oxygen atoms in total. The average molecular weight is 186 g/mol. The maximum Gasteiger partial charge on any atom is 0.231 e. The summed E-state index contributed by atoms with van der Waals surface area (Å²) in [5, 5.41) is 0. The minimum absolute atomic E-state index is 0.207. The molecule has 0 spiro atoms. The van der Waals surface area contributed by atoms with Crippen LogP contribution in [0.3, 0.4) is 0 Å². The van der Waals surface area contributed by atoms with Gasteiger partial charge in [0.15, 0.2) is 0 Å². The molecule has 1 amide bonds. The lowest BCUT2D eigenvalue weighted by Crippen LogP contribution is -2.49. The highest BCUT2D eigenvalue weighted by Gasteiger charge is 2.24. The fourth-order valence-corrected chi connectivity index (χ4v) is 1.72. The Balaban J connectivity index is 2.42. The molecule has 1 saturated heterocycles. The summed E-state index contributed by atoms with van der Waals surface area (Å²) in [6, 6.07) is 0. The van der Waals surface area contributed by atoms with Gasteiger partial charge in [0.1, 0.15) is 0 Å². The van der Waals surface area contributed by atoms with Crippen LogP contribution in [0.5, 0.6) is 0 Å². The molecule has 0 bridgehead atoms. The van der Waals surface area contributed by atoms with Crippen LogP contribution >= 0.6 is 0 Å². The number of nitrogens with zero attached hydrogens (tertiary/aromatic N) is 1. The Kier molecular flexibility index (Phi) is 3.69. The van der Waals surface area contributed by atoms with E-state index in [-0.39, 0.29) is 18.1 Å². The van der Waals surface area contributed by atoms with Gasteiger partial charge in [-0.1, -0.05) is 6.92 Å². The third-order valence-electron chi connectivity index (χ3n) is 2.24. The number of carbonyl (C=O) groups excluding carboxylic acids is 1. The molecule has 0 aliphatic carbocycles. The molecular weight excluding hydrogens is 168 g/mol. The van der Waals surface area contributed by atoms with Crippen molar-refractivity contribution >= 4 is 5.91 Å². The maximum absolute atomic E-state index is 10.7. The zero-order valence-electron chi connectivity index (χ0n) is 8.32. The van der Waals surface area contributed by atoms with Crippen LogP contribution < -0.4 is 5.73 Å². The summed E-state index contributed by atoms with van der Waals surface area (Å²) in [7, 11) is 0. The molecule has 1 rings (SSSR count). The van der Waals surface area contributed by atoms with Gasteiger partial charge in [-0.3, -0.25) is 9.69 Å². The highest BCUT2D eigenvalue weighted by Crippen LogP contribution is 2.12. The second-order valence-corrected chi connectivity index (χ2v) is 3.64. The molecular formula is C9H18N2O2. The molecule has 4 heteroatoms. The quantitative estimate of drug-likeness (QED) is 0.673. The Hall–Kier alpha value is -0.610. The zero-order chi connectivity index (χ0) is 9.84. The van der Waals surface area contributed by atoms with Crippen molar-refractivity contribution in [2.75, 3.05) is 19.6 Å². The van der Waals surface area contributed by atoms with Crippen LogP contribution in [0.15, 0.2) is 0 Å². The first-order chi connectivity index (χ1) is 6.11. The SMILES string of the molecule is CCC1CN(CC(N)=O)CC(C)O1. The fraction of sp³-hybridized carbons (Fsp3) is 0.889. The molecule has 76 valence electrons. The minimum atomic E-state index is -0.260. The van der Waals surface area contributed by atoms with Gasteiger partial charge in [-0.05, 0) is 13.3 Å². The number of ether oxygens (including phenoxy) is 1. The van der Waals surface area contributed by atoms with E-state index < -0.39 is 0 Å². The van der Waals surface area contributed by atoms with Crippen molar-refractivity contribution in [1.29, 1.82) is 0 Å².